The van der Waals surface area contributed by atoms with Crippen molar-refractivity contribution in [3.8, 4) is 11.5 Å². The molecule has 1 atom stereocenters. The number of ether oxygens (including phenoxy) is 1. The number of halogens is 4. The SMILES string of the molecule is CNC(=O)c1cc(Oc2ccc(NC(O)Nc3ccc(Cl)c(C(F)(F)F)c3)cc2)ccn1. The number of pyridine rings is 1. The van der Waals surface area contributed by atoms with Gasteiger partial charge in [-0.05, 0) is 48.5 Å². The number of amides is 1. The zero-order valence-corrected chi connectivity index (χ0v) is 17.3. The highest BCUT2D eigenvalue weighted by molar-refractivity contribution is 6.31. The van der Waals surface area contributed by atoms with E-state index in [1.807, 2.05) is 0 Å². The van der Waals surface area contributed by atoms with Gasteiger partial charge in [-0.15, -0.1) is 0 Å². The first-order valence-electron chi connectivity index (χ1n) is 9.19. The zero-order valence-electron chi connectivity index (χ0n) is 16.6. The van der Waals surface area contributed by atoms with Gasteiger partial charge in [0.2, 0.25) is 6.35 Å². The first-order chi connectivity index (χ1) is 15.2. The number of aliphatic hydroxyl groups excluding tert-OH is 1. The Hall–Kier alpha value is -3.50. The Morgan fingerprint density at radius 2 is 1.69 bits per heavy atom. The zero-order chi connectivity index (χ0) is 23.3. The summed E-state index contributed by atoms with van der Waals surface area (Å²) in [5.74, 6) is 0.517. The summed E-state index contributed by atoms with van der Waals surface area (Å²) in [6.07, 6.45) is -4.54. The van der Waals surface area contributed by atoms with Gasteiger partial charge in [0.25, 0.3) is 5.91 Å². The van der Waals surface area contributed by atoms with Crippen LogP contribution in [0.2, 0.25) is 5.02 Å². The highest BCUT2D eigenvalue weighted by atomic mass is 35.5. The molecule has 11 heteroatoms. The summed E-state index contributed by atoms with van der Waals surface area (Å²) in [6, 6.07) is 12.7. The van der Waals surface area contributed by atoms with Crippen molar-refractivity contribution in [3.63, 3.8) is 0 Å². The molecule has 0 saturated heterocycles. The van der Waals surface area contributed by atoms with Crippen LogP contribution in [0, 0.1) is 0 Å². The molecule has 168 valence electrons. The van der Waals surface area contributed by atoms with Crippen LogP contribution in [-0.4, -0.2) is 29.4 Å². The van der Waals surface area contributed by atoms with Gasteiger partial charge in [-0.1, -0.05) is 11.6 Å². The van der Waals surface area contributed by atoms with Gasteiger partial charge in [-0.25, -0.2) is 0 Å². The predicted molar refractivity (Wildman–Crippen MR) is 114 cm³/mol. The van der Waals surface area contributed by atoms with Crippen molar-refractivity contribution in [1.82, 2.24) is 10.3 Å². The average Bonchev–Trinajstić information content (AvgIpc) is 2.75. The fraction of sp³-hybridized carbons (Fsp3) is 0.143. The van der Waals surface area contributed by atoms with Crippen LogP contribution < -0.4 is 20.7 Å². The summed E-state index contributed by atoms with van der Waals surface area (Å²) < 4.78 is 44.6. The van der Waals surface area contributed by atoms with E-state index >= 15 is 0 Å². The van der Waals surface area contributed by atoms with Crippen molar-refractivity contribution >= 4 is 28.9 Å². The Morgan fingerprint density at radius 1 is 1.03 bits per heavy atom. The van der Waals surface area contributed by atoms with Crippen LogP contribution >= 0.6 is 11.6 Å². The lowest BCUT2D eigenvalue weighted by Crippen LogP contribution is -2.28. The van der Waals surface area contributed by atoms with Crippen molar-refractivity contribution in [2.75, 3.05) is 17.7 Å². The molecule has 0 aliphatic rings. The van der Waals surface area contributed by atoms with E-state index in [-0.39, 0.29) is 17.3 Å². The Balaban J connectivity index is 1.62. The van der Waals surface area contributed by atoms with Gasteiger partial charge in [0.1, 0.15) is 17.2 Å². The minimum atomic E-state index is -4.61. The fourth-order valence-corrected chi connectivity index (χ4v) is 2.89. The molecule has 7 nitrogen and oxygen atoms in total. The molecule has 2 aromatic carbocycles. The van der Waals surface area contributed by atoms with E-state index in [4.69, 9.17) is 16.3 Å². The number of anilines is 2. The van der Waals surface area contributed by atoms with Crippen LogP contribution in [0.25, 0.3) is 0 Å². The summed E-state index contributed by atoms with van der Waals surface area (Å²) >= 11 is 5.59. The molecular formula is C21H18ClF3N4O3. The summed E-state index contributed by atoms with van der Waals surface area (Å²) in [5, 5.41) is 17.4. The number of carbonyl (C=O) groups is 1. The van der Waals surface area contributed by atoms with E-state index in [1.165, 1.54) is 25.4 Å². The monoisotopic (exact) mass is 466 g/mol. The van der Waals surface area contributed by atoms with Crippen LogP contribution in [0.4, 0.5) is 24.5 Å². The van der Waals surface area contributed by atoms with Crippen LogP contribution in [0.15, 0.2) is 60.8 Å². The summed E-state index contributed by atoms with van der Waals surface area (Å²) in [4.78, 5) is 15.6. The molecule has 3 aromatic rings. The van der Waals surface area contributed by atoms with E-state index in [9.17, 15) is 23.1 Å². The van der Waals surface area contributed by atoms with Crippen molar-refractivity contribution in [3.05, 3.63) is 77.1 Å². The molecule has 0 saturated carbocycles. The molecular weight excluding hydrogens is 449 g/mol. The van der Waals surface area contributed by atoms with E-state index < -0.39 is 23.1 Å². The largest absolute Gasteiger partial charge is 0.457 e. The van der Waals surface area contributed by atoms with Gasteiger partial charge in [-0.2, -0.15) is 13.2 Å². The van der Waals surface area contributed by atoms with Gasteiger partial charge in [-0.3, -0.25) is 9.78 Å². The van der Waals surface area contributed by atoms with Crippen LogP contribution in [-0.2, 0) is 6.18 Å². The molecule has 0 aliphatic carbocycles. The van der Waals surface area contributed by atoms with Gasteiger partial charge < -0.3 is 25.8 Å². The Labute approximate surface area is 186 Å². The standard InChI is InChI=1S/C21H18ClF3N4O3/c1-26-19(30)18-11-15(8-9-27-18)32-14-5-2-12(3-6-14)28-20(31)29-13-4-7-17(22)16(10-13)21(23,24)25/h2-11,20,28-29,31H,1H3,(H,26,30). The molecule has 4 N–H and O–H groups in total. The van der Waals surface area contributed by atoms with E-state index in [0.717, 1.165) is 12.1 Å². The van der Waals surface area contributed by atoms with Gasteiger partial charge >= 0.3 is 6.18 Å². The Morgan fingerprint density at radius 3 is 2.34 bits per heavy atom. The third kappa shape index (κ3) is 6.02. The lowest BCUT2D eigenvalue weighted by atomic mass is 10.2. The maximum Gasteiger partial charge on any atom is 0.417 e. The number of nitrogens with zero attached hydrogens (tertiary/aromatic N) is 1. The molecule has 1 amide bonds. The number of benzene rings is 2. The van der Waals surface area contributed by atoms with Gasteiger partial charge in [0, 0.05) is 30.7 Å². The number of aromatic nitrogens is 1. The molecule has 1 heterocycles. The van der Waals surface area contributed by atoms with Gasteiger partial charge in [0.05, 0.1) is 10.6 Å². The van der Waals surface area contributed by atoms with Crippen LogP contribution in [0.5, 0.6) is 11.5 Å². The smallest absolute Gasteiger partial charge is 0.417 e. The predicted octanol–water partition coefficient (Wildman–Crippen LogP) is 4.71. The van der Waals surface area contributed by atoms with E-state index in [2.05, 4.69) is 20.9 Å². The lowest BCUT2D eigenvalue weighted by molar-refractivity contribution is -0.137. The molecule has 0 fully saturated rings. The molecule has 1 unspecified atom stereocenters. The van der Waals surface area contributed by atoms with Gasteiger partial charge in [0.15, 0.2) is 0 Å². The second kappa shape index (κ2) is 9.75. The number of hydrogen-bond acceptors (Lipinski definition) is 6. The number of hydrogen-bond donors (Lipinski definition) is 4. The molecule has 32 heavy (non-hydrogen) atoms. The lowest BCUT2D eigenvalue weighted by Gasteiger charge is -2.18. The van der Waals surface area contributed by atoms with Crippen LogP contribution in [0.3, 0.4) is 0 Å². The first kappa shape index (κ1) is 23.2. The minimum absolute atomic E-state index is 0.0336. The quantitative estimate of drug-likeness (QED) is 0.377. The fourth-order valence-electron chi connectivity index (χ4n) is 2.67. The number of rotatable bonds is 7. The molecule has 0 aliphatic heterocycles. The van der Waals surface area contributed by atoms with Crippen molar-refractivity contribution in [2.24, 2.45) is 0 Å². The number of alkyl halides is 3. The maximum atomic E-state index is 13.0. The average molecular weight is 467 g/mol. The molecule has 1 aromatic heterocycles. The van der Waals surface area contributed by atoms with Crippen molar-refractivity contribution in [2.45, 2.75) is 12.5 Å². The normalized spacial score (nSPS) is 12.1. The summed E-state index contributed by atoms with van der Waals surface area (Å²) in [6.45, 7) is 0. The maximum absolute atomic E-state index is 13.0. The third-order valence-corrected chi connectivity index (χ3v) is 4.49. The molecule has 0 bridgehead atoms. The minimum Gasteiger partial charge on any atom is -0.457 e. The second-order valence-electron chi connectivity index (χ2n) is 6.47. The first-order valence-corrected chi connectivity index (χ1v) is 9.57. The third-order valence-electron chi connectivity index (χ3n) is 4.16. The Bertz CT molecular complexity index is 1090. The molecule has 0 spiro atoms. The summed E-state index contributed by atoms with van der Waals surface area (Å²) in [5.41, 5.74) is -0.295. The topological polar surface area (TPSA) is 95.5 Å². The number of aliphatic hydroxyl groups is 1. The Kier molecular flexibility index (Phi) is 7.06. The molecule has 3 rings (SSSR count). The number of nitrogens with one attached hydrogen (secondary N) is 3. The molecule has 0 radical (unpaired) electrons. The number of carbonyl (C=O) groups excluding carboxylic acids is 1. The van der Waals surface area contributed by atoms with Crippen molar-refractivity contribution in [1.29, 1.82) is 0 Å². The summed E-state index contributed by atoms with van der Waals surface area (Å²) in [7, 11) is 1.49. The van der Waals surface area contributed by atoms with Crippen molar-refractivity contribution < 1.29 is 27.8 Å². The highest BCUT2D eigenvalue weighted by Gasteiger charge is 2.33. The highest BCUT2D eigenvalue weighted by Crippen LogP contribution is 2.36. The van der Waals surface area contributed by atoms with Crippen LogP contribution in [0.1, 0.15) is 16.1 Å². The van der Waals surface area contributed by atoms with E-state index in [0.29, 0.717) is 17.2 Å². The second-order valence-corrected chi connectivity index (χ2v) is 6.87. The van der Waals surface area contributed by atoms with E-state index in [1.54, 1.807) is 30.3 Å².